The molecule has 1 aromatic rings. The Kier molecular flexibility index (Phi) is 5.29. The molecule has 1 saturated heterocycles. The number of imide groups is 1. The topological polar surface area (TPSA) is 116 Å². The first kappa shape index (κ1) is 19.4. The molecule has 0 radical (unpaired) electrons. The molecule has 0 aromatic heterocycles. The van der Waals surface area contributed by atoms with E-state index >= 15 is 0 Å². The Balaban J connectivity index is 2.15. The predicted molar refractivity (Wildman–Crippen MR) is 88.4 cm³/mol. The molecule has 3 N–H and O–H groups in total. The summed E-state index contributed by atoms with van der Waals surface area (Å²) < 4.78 is 13.1. The molecular formula is C17H20FN3O5. The molecule has 1 heterocycles. The average Bonchev–Trinajstić information content (AvgIpc) is 2.77. The van der Waals surface area contributed by atoms with Crippen molar-refractivity contribution in [1.29, 1.82) is 0 Å². The Morgan fingerprint density at radius 3 is 2.35 bits per heavy atom. The molecule has 4 amide bonds. The van der Waals surface area contributed by atoms with Crippen LogP contribution < -0.4 is 10.6 Å². The van der Waals surface area contributed by atoms with E-state index < -0.39 is 47.8 Å². The third-order valence-corrected chi connectivity index (χ3v) is 4.25. The molecule has 1 aliphatic rings. The largest absolute Gasteiger partial charge is 0.480 e. The summed E-state index contributed by atoms with van der Waals surface area (Å²) in [5.41, 5.74) is -1.07. The molecule has 2 rings (SSSR count). The molecule has 8 nitrogen and oxygen atoms in total. The van der Waals surface area contributed by atoms with Crippen molar-refractivity contribution >= 4 is 23.8 Å². The minimum absolute atomic E-state index is 0.366. The summed E-state index contributed by atoms with van der Waals surface area (Å²) in [6.07, 6.45) is 0. The highest BCUT2D eigenvalue weighted by Gasteiger charge is 2.49. The summed E-state index contributed by atoms with van der Waals surface area (Å²) in [4.78, 5) is 48.8. The number of carbonyl (C=O) groups excluding carboxylic acids is 3. The average molecular weight is 365 g/mol. The van der Waals surface area contributed by atoms with Crippen molar-refractivity contribution in [3.63, 3.8) is 0 Å². The maximum atomic E-state index is 13.1. The fourth-order valence-corrected chi connectivity index (χ4v) is 2.70. The van der Waals surface area contributed by atoms with Crippen LogP contribution in [0.4, 0.5) is 9.18 Å². The van der Waals surface area contributed by atoms with Gasteiger partial charge in [0.25, 0.3) is 5.91 Å². The highest BCUT2D eigenvalue weighted by molar-refractivity contribution is 6.09. The zero-order chi connectivity index (χ0) is 19.6. The smallest absolute Gasteiger partial charge is 0.326 e. The maximum absolute atomic E-state index is 13.1. The van der Waals surface area contributed by atoms with Crippen LogP contribution in [0.3, 0.4) is 0 Å². The molecule has 1 unspecified atom stereocenters. The standard InChI is InChI=1S/C17H20FN3O5/c1-9(2)13(14(23)24)19-12(22)8-21-15(25)17(3,20-16(21)26)10-4-6-11(18)7-5-10/h4-7,9,13H,8H2,1-3H3,(H,19,22)(H,20,26)(H,23,24)/t13-,17?/m1/s1. The number of nitrogens with one attached hydrogen (secondary N) is 2. The summed E-state index contributed by atoms with van der Waals surface area (Å²) in [6.45, 7) is 4.08. The maximum Gasteiger partial charge on any atom is 0.326 e. The van der Waals surface area contributed by atoms with Crippen molar-refractivity contribution in [2.24, 2.45) is 5.92 Å². The fourth-order valence-electron chi connectivity index (χ4n) is 2.70. The van der Waals surface area contributed by atoms with Gasteiger partial charge < -0.3 is 15.7 Å². The Hall–Kier alpha value is -2.97. The molecule has 0 spiro atoms. The summed E-state index contributed by atoms with van der Waals surface area (Å²) >= 11 is 0. The Bertz CT molecular complexity index is 749. The molecule has 0 bridgehead atoms. The van der Waals surface area contributed by atoms with Gasteiger partial charge in [0, 0.05) is 0 Å². The van der Waals surface area contributed by atoms with Gasteiger partial charge in [0.15, 0.2) is 0 Å². The van der Waals surface area contributed by atoms with Crippen molar-refractivity contribution in [3.8, 4) is 0 Å². The lowest BCUT2D eigenvalue weighted by atomic mass is 9.92. The lowest BCUT2D eigenvalue weighted by molar-refractivity contribution is -0.143. The number of nitrogens with zero attached hydrogens (tertiary/aromatic N) is 1. The van der Waals surface area contributed by atoms with Crippen LogP contribution in [0.1, 0.15) is 26.3 Å². The van der Waals surface area contributed by atoms with E-state index in [-0.39, 0.29) is 5.92 Å². The summed E-state index contributed by atoms with van der Waals surface area (Å²) in [5.74, 6) is -3.51. The molecule has 1 aromatic carbocycles. The highest BCUT2D eigenvalue weighted by atomic mass is 19.1. The molecule has 26 heavy (non-hydrogen) atoms. The van der Waals surface area contributed by atoms with Gasteiger partial charge in [-0.05, 0) is 30.5 Å². The third kappa shape index (κ3) is 3.66. The number of carboxylic acid groups (broad SMARTS) is 1. The third-order valence-electron chi connectivity index (χ3n) is 4.25. The number of amides is 4. The van der Waals surface area contributed by atoms with Crippen molar-refractivity contribution in [1.82, 2.24) is 15.5 Å². The second-order valence-electron chi connectivity index (χ2n) is 6.58. The lowest BCUT2D eigenvalue weighted by Gasteiger charge is -2.22. The van der Waals surface area contributed by atoms with Crippen LogP contribution in [0.2, 0.25) is 0 Å². The first-order valence-electron chi connectivity index (χ1n) is 7.98. The predicted octanol–water partition coefficient (Wildman–Crippen LogP) is 0.818. The molecule has 9 heteroatoms. The van der Waals surface area contributed by atoms with E-state index in [0.717, 1.165) is 12.1 Å². The van der Waals surface area contributed by atoms with Crippen LogP contribution >= 0.6 is 0 Å². The number of carboxylic acids is 1. The number of carbonyl (C=O) groups is 4. The van der Waals surface area contributed by atoms with Crippen LogP contribution in [-0.4, -0.2) is 46.4 Å². The van der Waals surface area contributed by atoms with Crippen molar-refractivity contribution in [2.45, 2.75) is 32.4 Å². The molecule has 0 saturated carbocycles. The molecule has 140 valence electrons. The Morgan fingerprint density at radius 2 is 1.85 bits per heavy atom. The van der Waals surface area contributed by atoms with E-state index in [9.17, 15) is 23.6 Å². The van der Waals surface area contributed by atoms with Crippen LogP contribution in [0.25, 0.3) is 0 Å². The van der Waals surface area contributed by atoms with Crippen molar-refractivity contribution in [2.75, 3.05) is 6.54 Å². The molecular weight excluding hydrogens is 345 g/mol. The minimum Gasteiger partial charge on any atom is -0.480 e. The number of rotatable bonds is 6. The first-order valence-corrected chi connectivity index (χ1v) is 7.98. The van der Waals surface area contributed by atoms with Crippen LogP contribution in [0, 0.1) is 11.7 Å². The van der Waals surface area contributed by atoms with E-state index in [1.807, 2.05) is 0 Å². The summed E-state index contributed by atoms with van der Waals surface area (Å²) in [7, 11) is 0. The van der Waals surface area contributed by atoms with Crippen molar-refractivity contribution in [3.05, 3.63) is 35.6 Å². The van der Waals surface area contributed by atoms with Gasteiger partial charge >= 0.3 is 12.0 Å². The lowest BCUT2D eigenvalue weighted by Crippen LogP contribution is -2.49. The number of benzene rings is 1. The summed E-state index contributed by atoms with van der Waals surface area (Å²) in [5, 5.41) is 13.9. The second kappa shape index (κ2) is 7.11. The van der Waals surface area contributed by atoms with Gasteiger partial charge in [-0.25, -0.2) is 14.0 Å². The van der Waals surface area contributed by atoms with Gasteiger partial charge in [0.05, 0.1) is 0 Å². The van der Waals surface area contributed by atoms with E-state index in [0.29, 0.717) is 10.5 Å². The molecule has 2 atom stereocenters. The zero-order valence-corrected chi connectivity index (χ0v) is 14.6. The van der Waals surface area contributed by atoms with E-state index in [2.05, 4.69) is 10.6 Å². The number of hydrogen-bond donors (Lipinski definition) is 3. The number of urea groups is 1. The van der Waals surface area contributed by atoms with E-state index in [1.165, 1.54) is 19.1 Å². The van der Waals surface area contributed by atoms with Crippen LogP contribution in [0.5, 0.6) is 0 Å². The highest BCUT2D eigenvalue weighted by Crippen LogP contribution is 2.28. The molecule has 1 fully saturated rings. The van der Waals surface area contributed by atoms with Crippen LogP contribution in [-0.2, 0) is 19.9 Å². The first-order chi connectivity index (χ1) is 12.1. The monoisotopic (exact) mass is 365 g/mol. The quantitative estimate of drug-likeness (QED) is 0.646. The van der Waals surface area contributed by atoms with Gasteiger partial charge in [0.1, 0.15) is 23.9 Å². The normalized spacial score (nSPS) is 20.9. The number of halogens is 1. The van der Waals surface area contributed by atoms with E-state index in [4.69, 9.17) is 5.11 Å². The SMILES string of the molecule is CC(C)[C@@H](NC(=O)CN1C(=O)NC(C)(c2ccc(F)cc2)C1=O)C(=O)O. The van der Waals surface area contributed by atoms with Gasteiger partial charge in [-0.3, -0.25) is 14.5 Å². The number of aliphatic carboxylic acids is 1. The Morgan fingerprint density at radius 1 is 1.27 bits per heavy atom. The fraction of sp³-hybridized carbons (Fsp3) is 0.412. The molecule has 0 aliphatic carbocycles. The van der Waals surface area contributed by atoms with Gasteiger partial charge in [-0.2, -0.15) is 0 Å². The van der Waals surface area contributed by atoms with Gasteiger partial charge in [-0.1, -0.05) is 26.0 Å². The zero-order valence-electron chi connectivity index (χ0n) is 14.6. The minimum atomic E-state index is -1.44. The molecule has 1 aliphatic heterocycles. The van der Waals surface area contributed by atoms with Crippen LogP contribution in [0.15, 0.2) is 24.3 Å². The van der Waals surface area contributed by atoms with E-state index in [1.54, 1.807) is 13.8 Å². The summed E-state index contributed by atoms with van der Waals surface area (Å²) in [6, 6.07) is 3.15. The van der Waals surface area contributed by atoms with Gasteiger partial charge in [-0.15, -0.1) is 0 Å². The number of hydrogen-bond acceptors (Lipinski definition) is 4. The van der Waals surface area contributed by atoms with Crippen molar-refractivity contribution < 1.29 is 28.7 Å². The van der Waals surface area contributed by atoms with Gasteiger partial charge in [0.2, 0.25) is 5.91 Å². The second-order valence-corrected chi connectivity index (χ2v) is 6.58. The Labute approximate surface area is 149 Å².